The number of pyridine rings is 1. The second-order valence-corrected chi connectivity index (χ2v) is 4.99. The Bertz CT molecular complexity index is 456. The number of guanidine groups is 1. The van der Waals surface area contributed by atoms with E-state index in [0.29, 0.717) is 11.9 Å². The van der Waals surface area contributed by atoms with Crippen molar-refractivity contribution in [2.24, 2.45) is 16.6 Å². The summed E-state index contributed by atoms with van der Waals surface area (Å²) in [5.74, 6) is 1.02. The van der Waals surface area contributed by atoms with Crippen LogP contribution in [0.15, 0.2) is 34.2 Å². The van der Waals surface area contributed by atoms with Crippen LogP contribution in [0.2, 0.25) is 0 Å². The van der Waals surface area contributed by atoms with E-state index < -0.39 is 0 Å². The number of hydrogen-bond donors (Lipinski definition) is 2. The van der Waals surface area contributed by atoms with Crippen molar-refractivity contribution >= 4 is 29.9 Å². The molecule has 0 bridgehead atoms. The molecule has 0 saturated carbocycles. The molecule has 0 aromatic carbocycles. The maximum atomic E-state index is 11.4. The lowest BCUT2D eigenvalue weighted by molar-refractivity contribution is 0.586. The van der Waals surface area contributed by atoms with Gasteiger partial charge in [-0.15, -0.1) is 24.0 Å². The standard InChI is InChI=1S/C14H24N4O.HI/c1-12(2)11-17-14(15)16-8-4-6-10-18-9-5-3-7-13(18)19;/h3,5,7,9,12H,4,6,8,10-11H2,1-2H3,(H3,15,16,17);1H. The molecule has 1 rings (SSSR count). The van der Waals surface area contributed by atoms with Gasteiger partial charge in [-0.25, -0.2) is 0 Å². The van der Waals surface area contributed by atoms with Crippen molar-refractivity contribution in [3.63, 3.8) is 0 Å². The Morgan fingerprint density at radius 3 is 2.80 bits per heavy atom. The van der Waals surface area contributed by atoms with Gasteiger partial charge in [0.2, 0.25) is 5.56 Å². The molecule has 0 radical (unpaired) electrons. The minimum Gasteiger partial charge on any atom is -0.370 e. The van der Waals surface area contributed by atoms with Crippen LogP contribution in [0.4, 0.5) is 0 Å². The zero-order chi connectivity index (χ0) is 14.1. The molecule has 0 unspecified atom stereocenters. The molecule has 5 nitrogen and oxygen atoms in total. The van der Waals surface area contributed by atoms with Gasteiger partial charge in [-0.3, -0.25) is 9.79 Å². The lowest BCUT2D eigenvalue weighted by Gasteiger charge is -2.07. The zero-order valence-corrected chi connectivity index (χ0v) is 14.5. The number of aromatic nitrogens is 1. The van der Waals surface area contributed by atoms with E-state index in [1.807, 2.05) is 12.3 Å². The third kappa shape index (κ3) is 8.19. The fourth-order valence-electron chi connectivity index (χ4n) is 1.61. The number of rotatable bonds is 7. The van der Waals surface area contributed by atoms with Crippen molar-refractivity contribution < 1.29 is 0 Å². The molecule has 1 heterocycles. The quantitative estimate of drug-likeness (QED) is 0.322. The molecule has 3 N–H and O–H groups in total. The highest BCUT2D eigenvalue weighted by atomic mass is 127. The first-order chi connectivity index (χ1) is 9.09. The van der Waals surface area contributed by atoms with Crippen LogP contribution in [0.25, 0.3) is 0 Å². The predicted octanol–water partition coefficient (Wildman–Crippen LogP) is 1.81. The van der Waals surface area contributed by atoms with E-state index in [1.54, 1.807) is 16.7 Å². The summed E-state index contributed by atoms with van der Waals surface area (Å²) in [4.78, 5) is 15.7. The average Bonchev–Trinajstić information content (AvgIpc) is 2.38. The number of hydrogen-bond acceptors (Lipinski definition) is 2. The second kappa shape index (κ2) is 10.7. The molecule has 0 fully saturated rings. The molecule has 0 amide bonds. The summed E-state index contributed by atoms with van der Waals surface area (Å²) >= 11 is 0. The van der Waals surface area contributed by atoms with Gasteiger partial charge in [-0.05, 0) is 24.8 Å². The van der Waals surface area contributed by atoms with Gasteiger partial charge in [0, 0.05) is 31.9 Å². The van der Waals surface area contributed by atoms with Crippen molar-refractivity contribution in [3.8, 4) is 0 Å². The Balaban J connectivity index is 0.00000361. The Morgan fingerprint density at radius 2 is 2.15 bits per heavy atom. The third-order valence-electron chi connectivity index (χ3n) is 2.66. The van der Waals surface area contributed by atoms with Crippen molar-refractivity contribution in [1.82, 2.24) is 9.88 Å². The van der Waals surface area contributed by atoms with Crippen LogP contribution >= 0.6 is 24.0 Å². The van der Waals surface area contributed by atoms with Crippen LogP contribution < -0.4 is 16.6 Å². The second-order valence-electron chi connectivity index (χ2n) is 4.99. The van der Waals surface area contributed by atoms with Crippen molar-refractivity contribution in [1.29, 1.82) is 0 Å². The summed E-state index contributed by atoms with van der Waals surface area (Å²) in [6.07, 6.45) is 3.71. The van der Waals surface area contributed by atoms with Crippen LogP contribution in [0, 0.1) is 5.92 Å². The van der Waals surface area contributed by atoms with Crippen molar-refractivity contribution in [2.75, 3.05) is 13.1 Å². The lowest BCUT2D eigenvalue weighted by atomic mass is 10.2. The first kappa shape index (κ1) is 18.9. The Morgan fingerprint density at radius 1 is 1.40 bits per heavy atom. The average molecular weight is 392 g/mol. The van der Waals surface area contributed by atoms with E-state index in [-0.39, 0.29) is 29.5 Å². The zero-order valence-electron chi connectivity index (χ0n) is 12.2. The van der Waals surface area contributed by atoms with E-state index in [4.69, 9.17) is 5.73 Å². The number of unbranched alkanes of at least 4 members (excludes halogenated alkanes) is 1. The van der Waals surface area contributed by atoms with E-state index in [9.17, 15) is 4.79 Å². The topological polar surface area (TPSA) is 72.4 Å². The molecule has 0 aliphatic heterocycles. The summed E-state index contributed by atoms with van der Waals surface area (Å²) in [6, 6.07) is 5.21. The van der Waals surface area contributed by atoms with Crippen LogP contribution in [-0.4, -0.2) is 23.6 Å². The van der Waals surface area contributed by atoms with Gasteiger partial charge < -0.3 is 15.6 Å². The highest BCUT2D eigenvalue weighted by molar-refractivity contribution is 14.0. The predicted molar refractivity (Wildman–Crippen MR) is 94.7 cm³/mol. The van der Waals surface area contributed by atoms with Gasteiger partial charge in [0.05, 0.1) is 0 Å². The van der Waals surface area contributed by atoms with Crippen LogP contribution in [-0.2, 0) is 6.54 Å². The van der Waals surface area contributed by atoms with Gasteiger partial charge in [-0.1, -0.05) is 19.9 Å². The summed E-state index contributed by atoms with van der Waals surface area (Å²) < 4.78 is 1.72. The smallest absolute Gasteiger partial charge is 0.250 e. The molecular weight excluding hydrogens is 367 g/mol. The normalized spacial score (nSPS) is 11.2. The molecule has 114 valence electrons. The fourth-order valence-corrected chi connectivity index (χ4v) is 1.61. The number of nitrogens with one attached hydrogen (secondary N) is 1. The molecule has 0 aliphatic carbocycles. The SMILES string of the molecule is CC(C)CN=C(N)NCCCCn1ccccc1=O.I. The maximum Gasteiger partial charge on any atom is 0.250 e. The summed E-state index contributed by atoms with van der Waals surface area (Å²) in [5.41, 5.74) is 5.77. The molecule has 6 heteroatoms. The highest BCUT2D eigenvalue weighted by Crippen LogP contribution is 1.93. The van der Waals surface area contributed by atoms with Crippen LogP contribution in [0.1, 0.15) is 26.7 Å². The molecule has 20 heavy (non-hydrogen) atoms. The van der Waals surface area contributed by atoms with Crippen LogP contribution in [0.5, 0.6) is 0 Å². The van der Waals surface area contributed by atoms with Gasteiger partial charge in [0.1, 0.15) is 0 Å². The fraction of sp³-hybridized carbons (Fsp3) is 0.571. The third-order valence-corrected chi connectivity index (χ3v) is 2.66. The van der Waals surface area contributed by atoms with E-state index in [1.165, 1.54) is 0 Å². The molecular formula is C14H25IN4O. The maximum absolute atomic E-state index is 11.4. The monoisotopic (exact) mass is 392 g/mol. The van der Waals surface area contributed by atoms with Crippen LogP contribution in [0.3, 0.4) is 0 Å². The van der Waals surface area contributed by atoms with Crippen molar-refractivity contribution in [3.05, 3.63) is 34.7 Å². The van der Waals surface area contributed by atoms with Gasteiger partial charge >= 0.3 is 0 Å². The Labute approximate surface area is 137 Å². The molecule has 0 saturated heterocycles. The van der Waals surface area contributed by atoms with Gasteiger partial charge in [-0.2, -0.15) is 0 Å². The Hall–Kier alpha value is -1.05. The minimum atomic E-state index is 0. The first-order valence-corrected chi connectivity index (χ1v) is 6.79. The molecule has 1 aromatic heterocycles. The minimum absolute atomic E-state index is 0. The molecule has 0 aliphatic rings. The lowest BCUT2D eigenvalue weighted by Crippen LogP contribution is -2.33. The summed E-state index contributed by atoms with van der Waals surface area (Å²) in [6.45, 7) is 6.49. The molecule has 0 atom stereocenters. The van der Waals surface area contributed by atoms with Gasteiger partial charge in [0.15, 0.2) is 5.96 Å². The first-order valence-electron chi connectivity index (χ1n) is 6.79. The van der Waals surface area contributed by atoms with E-state index >= 15 is 0 Å². The van der Waals surface area contributed by atoms with E-state index in [0.717, 1.165) is 32.5 Å². The number of aryl methyl sites for hydroxylation is 1. The summed E-state index contributed by atoms with van der Waals surface area (Å²) in [7, 11) is 0. The Kier molecular flexibility index (Phi) is 10.1. The number of nitrogens with two attached hydrogens (primary N) is 1. The molecule has 0 spiro atoms. The highest BCUT2D eigenvalue weighted by Gasteiger charge is 1.96. The number of aliphatic imine (C=N–C) groups is 1. The van der Waals surface area contributed by atoms with Gasteiger partial charge in [0.25, 0.3) is 0 Å². The van der Waals surface area contributed by atoms with E-state index in [2.05, 4.69) is 24.2 Å². The largest absolute Gasteiger partial charge is 0.370 e. The number of nitrogens with zero attached hydrogens (tertiary/aromatic N) is 2. The van der Waals surface area contributed by atoms with Crippen molar-refractivity contribution in [2.45, 2.75) is 33.2 Å². The summed E-state index contributed by atoms with van der Waals surface area (Å²) in [5, 5.41) is 3.08. The number of halogens is 1. The molecule has 1 aromatic rings.